The maximum absolute atomic E-state index is 12.5. The van der Waals surface area contributed by atoms with Crippen LogP contribution < -0.4 is 10.5 Å². The first-order valence-corrected chi connectivity index (χ1v) is 7.99. The van der Waals surface area contributed by atoms with Crippen molar-refractivity contribution in [2.45, 2.75) is 13.5 Å². The molecule has 1 aliphatic rings. The first-order chi connectivity index (χ1) is 11.6. The van der Waals surface area contributed by atoms with Gasteiger partial charge >= 0.3 is 0 Å². The summed E-state index contributed by atoms with van der Waals surface area (Å²) >= 11 is 0. The van der Waals surface area contributed by atoms with Gasteiger partial charge in [-0.15, -0.1) is 0 Å². The van der Waals surface area contributed by atoms with Crippen LogP contribution in [0.25, 0.3) is 0 Å². The van der Waals surface area contributed by atoms with Crippen molar-refractivity contribution in [3.63, 3.8) is 0 Å². The average Bonchev–Trinajstić information content (AvgIpc) is 2.62. The monoisotopic (exact) mass is 328 g/mol. The lowest BCUT2D eigenvalue weighted by atomic mass is 10.1. The van der Waals surface area contributed by atoms with Crippen LogP contribution in [0.3, 0.4) is 0 Å². The van der Waals surface area contributed by atoms with Crippen LogP contribution in [0.1, 0.15) is 17.3 Å². The van der Waals surface area contributed by atoms with Gasteiger partial charge in [-0.05, 0) is 31.2 Å². The first-order valence-electron chi connectivity index (χ1n) is 7.99. The predicted molar refractivity (Wildman–Crippen MR) is 90.4 cm³/mol. The number of benzene rings is 1. The van der Waals surface area contributed by atoms with E-state index in [1.54, 1.807) is 34.0 Å². The van der Waals surface area contributed by atoms with E-state index in [9.17, 15) is 14.7 Å². The molecule has 7 heteroatoms. The zero-order chi connectivity index (χ0) is 17.1. The average molecular weight is 328 g/mol. The number of hydrogen-bond acceptors (Lipinski definition) is 5. The smallest absolute Gasteiger partial charge is 0.293 e. The third-order valence-corrected chi connectivity index (χ3v) is 4.22. The number of amides is 1. The number of aromatic hydroxyl groups is 1. The number of anilines is 1. The van der Waals surface area contributed by atoms with Crippen LogP contribution in [0.4, 0.5) is 5.82 Å². The quantitative estimate of drug-likeness (QED) is 0.907. The van der Waals surface area contributed by atoms with Gasteiger partial charge in [0.2, 0.25) is 0 Å². The number of piperazine rings is 1. The lowest BCUT2D eigenvalue weighted by Crippen LogP contribution is -2.50. The normalized spacial score (nSPS) is 14.7. The molecule has 7 nitrogen and oxygen atoms in total. The van der Waals surface area contributed by atoms with E-state index in [1.165, 1.54) is 12.1 Å². The van der Waals surface area contributed by atoms with Crippen molar-refractivity contribution in [3.8, 4) is 5.75 Å². The number of nitrogens with zero attached hydrogens (tertiary/aromatic N) is 4. The predicted octanol–water partition coefficient (Wildman–Crippen LogP) is 0.931. The van der Waals surface area contributed by atoms with Gasteiger partial charge in [-0.25, -0.2) is 4.98 Å². The molecule has 2 heterocycles. The van der Waals surface area contributed by atoms with E-state index in [0.717, 1.165) is 0 Å². The summed E-state index contributed by atoms with van der Waals surface area (Å²) < 4.78 is 1.62. The Bertz CT molecular complexity index is 777. The van der Waals surface area contributed by atoms with E-state index in [-0.39, 0.29) is 17.2 Å². The third kappa shape index (κ3) is 3.10. The second-order valence-corrected chi connectivity index (χ2v) is 5.67. The number of aromatic nitrogens is 2. The minimum Gasteiger partial charge on any atom is -0.508 e. The Balaban J connectivity index is 1.69. The zero-order valence-corrected chi connectivity index (χ0v) is 13.6. The summed E-state index contributed by atoms with van der Waals surface area (Å²) in [6.07, 6.45) is 3.31. The van der Waals surface area contributed by atoms with Crippen molar-refractivity contribution in [1.82, 2.24) is 14.5 Å². The van der Waals surface area contributed by atoms with Gasteiger partial charge in [0, 0.05) is 50.7 Å². The molecule has 0 bridgehead atoms. The van der Waals surface area contributed by atoms with Crippen LogP contribution in [0.2, 0.25) is 0 Å². The number of phenolic OH excluding ortho intramolecular Hbond substituents is 1. The van der Waals surface area contributed by atoms with E-state index in [4.69, 9.17) is 0 Å². The van der Waals surface area contributed by atoms with Gasteiger partial charge in [-0.1, -0.05) is 0 Å². The molecule has 0 radical (unpaired) electrons. The van der Waals surface area contributed by atoms with Crippen molar-refractivity contribution in [2.75, 3.05) is 31.1 Å². The van der Waals surface area contributed by atoms with Gasteiger partial charge in [-0.3, -0.25) is 9.59 Å². The maximum Gasteiger partial charge on any atom is 0.293 e. The Morgan fingerprint density at radius 2 is 1.83 bits per heavy atom. The number of hydrogen-bond donors (Lipinski definition) is 1. The van der Waals surface area contributed by atoms with E-state index < -0.39 is 0 Å². The molecule has 0 spiro atoms. The molecule has 1 aromatic heterocycles. The first kappa shape index (κ1) is 16.0. The van der Waals surface area contributed by atoms with Crippen molar-refractivity contribution < 1.29 is 9.90 Å². The number of phenols is 1. The highest BCUT2D eigenvalue weighted by Gasteiger charge is 2.24. The Morgan fingerprint density at radius 1 is 1.17 bits per heavy atom. The highest BCUT2D eigenvalue weighted by atomic mass is 16.3. The standard InChI is InChI=1S/C17H20N4O3/c1-2-19-8-7-18-15(17(19)24)20-9-11-21(12-10-20)16(23)13-3-5-14(22)6-4-13/h3-8,22H,2,9-12H2,1H3. The van der Waals surface area contributed by atoms with Gasteiger partial charge in [-0.2, -0.15) is 0 Å². The molecule has 1 aromatic carbocycles. The van der Waals surface area contributed by atoms with Crippen LogP contribution in [0.15, 0.2) is 41.5 Å². The fourth-order valence-corrected chi connectivity index (χ4v) is 2.81. The molecule has 0 atom stereocenters. The molecule has 1 N–H and O–H groups in total. The number of carbonyl (C=O) groups is 1. The molecule has 0 unspecified atom stereocenters. The molecular formula is C17H20N4O3. The van der Waals surface area contributed by atoms with Crippen molar-refractivity contribution in [2.24, 2.45) is 0 Å². The molecule has 0 aliphatic carbocycles. The minimum absolute atomic E-state index is 0.0679. The zero-order valence-electron chi connectivity index (χ0n) is 13.6. The van der Waals surface area contributed by atoms with Gasteiger partial charge in [0.05, 0.1) is 0 Å². The van der Waals surface area contributed by atoms with E-state index >= 15 is 0 Å². The molecule has 24 heavy (non-hydrogen) atoms. The molecule has 1 saturated heterocycles. The molecule has 1 fully saturated rings. The molecule has 2 aromatic rings. The van der Waals surface area contributed by atoms with Gasteiger partial charge in [0.1, 0.15) is 5.75 Å². The second kappa shape index (κ2) is 6.74. The number of aryl methyl sites for hydroxylation is 1. The van der Waals surface area contributed by atoms with E-state index in [1.807, 2.05) is 11.8 Å². The molecule has 3 rings (SSSR count). The summed E-state index contributed by atoms with van der Waals surface area (Å²) in [5.41, 5.74) is 0.450. The molecule has 1 amide bonds. The van der Waals surface area contributed by atoms with E-state index in [2.05, 4.69) is 4.98 Å². The topological polar surface area (TPSA) is 78.7 Å². The lowest BCUT2D eigenvalue weighted by molar-refractivity contribution is 0.0746. The Kier molecular flexibility index (Phi) is 4.50. The van der Waals surface area contributed by atoms with Crippen molar-refractivity contribution in [1.29, 1.82) is 0 Å². The van der Waals surface area contributed by atoms with Crippen molar-refractivity contribution in [3.05, 3.63) is 52.6 Å². The Hall–Kier alpha value is -2.83. The van der Waals surface area contributed by atoms with Crippen LogP contribution in [0.5, 0.6) is 5.75 Å². The Morgan fingerprint density at radius 3 is 2.46 bits per heavy atom. The SMILES string of the molecule is CCn1ccnc(N2CCN(C(=O)c3ccc(O)cc3)CC2)c1=O. The molecular weight excluding hydrogens is 308 g/mol. The summed E-state index contributed by atoms with van der Waals surface area (Å²) in [5.74, 6) is 0.511. The minimum atomic E-state index is -0.0988. The van der Waals surface area contributed by atoms with Gasteiger partial charge in [0.15, 0.2) is 5.82 Å². The summed E-state index contributed by atoms with van der Waals surface area (Å²) in [6, 6.07) is 6.24. The number of carbonyl (C=O) groups excluding carboxylic acids is 1. The molecule has 126 valence electrons. The molecule has 0 saturated carbocycles. The largest absolute Gasteiger partial charge is 0.508 e. The second-order valence-electron chi connectivity index (χ2n) is 5.67. The maximum atomic E-state index is 12.5. The summed E-state index contributed by atoms with van der Waals surface area (Å²) in [7, 11) is 0. The summed E-state index contributed by atoms with van der Waals surface area (Å²) in [4.78, 5) is 32.7. The van der Waals surface area contributed by atoms with Crippen LogP contribution in [-0.4, -0.2) is 51.6 Å². The van der Waals surface area contributed by atoms with Crippen LogP contribution >= 0.6 is 0 Å². The highest BCUT2D eigenvalue weighted by molar-refractivity contribution is 5.94. The molecule has 1 aliphatic heterocycles. The highest BCUT2D eigenvalue weighted by Crippen LogP contribution is 2.14. The fourth-order valence-electron chi connectivity index (χ4n) is 2.81. The van der Waals surface area contributed by atoms with Gasteiger partial charge in [0.25, 0.3) is 11.5 Å². The third-order valence-electron chi connectivity index (χ3n) is 4.22. The lowest BCUT2D eigenvalue weighted by Gasteiger charge is -2.35. The summed E-state index contributed by atoms with van der Waals surface area (Å²) in [6.45, 7) is 4.72. The summed E-state index contributed by atoms with van der Waals surface area (Å²) in [5, 5.41) is 9.31. The van der Waals surface area contributed by atoms with Crippen LogP contribution in [0, 0.1) is 0 Å². The number of rotatable bonds is 3. The Labute approximate surface area is 139 Å². The van der Waals surface area contributed by atoms with Gasteiger partial charge < -0.3 is 19.5 Å². The fraction of sp³-hybridized carbons (Fsp3) is 0.353. The van der Waals surface area contributed by atoms with Crippen molar-refractivity contribution >= 4 is 11.7 Å². The van der Waals surface area contributed by atoms with Crippen LogP contribution in [-0.2, 0) is 6.54 Å². The van der Waals surface area contributed by atoms with E-state index in [0.29, 0.717) is 44.1 Å².